The molecule has 0 bridgehead atoms. The van der Waals surface area contributed by atoms with Gasteiger partial charge < -0.3 is 10.2 Å². The number of carboxylic acid groups (broad SMARTS) is 1. The van der Waals surface area contributed by atoms with Crippen molar-refractivity contribution in [1.29, 1.82) is 0 Å². The van der Waals surface area contributed by atoms with Gasteiger partial charge in [0.2, 0.25) is 0 Å². The zero-order valence-electron chi connectivity index (χ0n) is 7.91. The van der Waals surface area contributed by atoms with Crippen LogP contribution in [0.4, 0.5) is 4.39 Å². The van der Waals surface area contributed by atoms with E-state index in [1.54, 1.807) is 0 Å². The molecule has 76 valence electrons. The highest BCUT2D eigenvalue weighted by molar-refractivity contribution is 5.81. The maximum atomic E-state index is 12.6. The van der Waals surface area contributed by atoms with Gasteiger partial charge in [0.05, 0.1) is 5.41 Å². The molecule has 0 heterocycles. The van der Waals surface area contributed by atoms with Crippen molar-refractivity contribution in [1.82, 2.24) is 0 Å². The summed E-state index contributed by atoms with van der Waals surface area (Å²) >= 11 is 0. The lowest BCUT2D eigenvalue weighted by atomic mass is 9.84. The van der Waals surface area contributed by atoms with Crippen LogP contribution in [0.1, 0.15) is 19.4 Å². The Balaban J connectivity index is 3.26. The number of hydrogen-bond donors (Lipinski definition) is 2. The Bertz CT molecular complexity index is 372. The van der Waals surface area contributed by atoms with Crippen molar-refractivity contribution in [3.63, 3.8) is 0 Å². The number of phenolic OH excluding ortho intramolecular Hbond substituents is 1. The first-order valence-corrected chi connectivity index (χ1v) is 4.08. The molecule has 0 radical (unpaired) electrons. The van der Waals surface area contributed by atoms with Gasteiger partial charge in [0.15, 0.2) is 0 Å². The molecule has 0 saturated heterocycles. The molecule has 14 heavy (non-hydrogen) atoms. The van der Waals surface area contributed by atoms with Crippen LogP contribution in [0.3, 0.4) is 0 Å². The predicted octanol–water partition coefficient (Wildman–Crippen LogP) is 1.89. The van der Waals surface area contributed by atoms with E-state index in [9.17, 15) is 14.3 Å². The molecule has 1 aromatic carbocycles. The third kappa shape index (κ3) is 1.69. The van der Waals surface area contributed by atoms with Crippen LogP contribution in [-0.2, 0) is 10.2 Å². The van der Waals surface area contributed by atoms with Crippen LogP contribution in [0.25, 0.3) is 0 Å². The normalized spacial score (nSPS) is 11.4. The second kappa shape index (κ2) is 3.29. The van der Waals surface area contributed by atoms with Crippen molar-refractivity contribution in [2.45, 2.75) is 19.3 Å². The fraction of sp³-hybridized carbons (Fsp3) is 0.300. The minimum atomic E-state index is -1.22. The zero-order chi connectivity index (χ0) is 10.9. The highest BCUT2D eigenvalue weighted by atomic mass is 19.1. The quantitative estimate of drug-likeness (QED) is 0.762. The van der Waals surface area contributed by atoms with Gasteiger partial charge in [0.25, 0.3) is 0 Å². The summed E-state index contributed by atoms with van der Waals surface area (Å²) in [4.78, 5) is 10.9. The first-order chi connectivity index (χ1) is 6.35. The van der Waals surface area contributed by atoms with Gasteiger partial charge in [0, 0.05) is 11.6 Å². The topological polar surface area (TPSA) is 57.5 Å². The van der Waals surface area contributed by atoms with Gasteiger partial charge in [-0.05, 0) is 19.9 Å². The molecule has 0 aromatic heterocycles. The lowest BCUT2D eigenvalue weighted by molar-refractivity contribution is -0.142. The number of benzene rings is 1. The third-order valence-electron chi connectivity index (χ3n) is 2.17. The fourth-order valence-electron chi connectivity index (χ4n) is 1.15. The zero-order valence-corrected chi connectivity index (χ0v) is 7.91. The van der Waals surface area contributed by atoms with Crippen LogP contribution in [-0.4, -0.2) is 16.2 Å². The maximum Gasteiger partial charge on any atom is 0.313 e. The Morgan fingerprint density at radius 3 is 2.43 bits per heavy atom. The lowest BCUT2D eigenvalue weighted by Crippen LogP contribution is -2.28. The Morgan fingerprint density at radius 1 is 1.43 bits per heavy atom. The smallest absolute Gasteiger partial charge is 0.313 e. The van der Waals surface area contributed by atoms with Gasteiger partial charge in [-0.2, -0.15) is 0 Å². The van der Waals surface area contributed by atoms with Gasteiger partial charge in [-0.1, -0.05) is 6.07 Å². The molecule has 2 N–H and O–H groups in total. The molecular formula is C10H11FO3. The number of carboxylic acids is 1. The minimum Gasteiger partial charge on any atom is -0.508 e. The molecule has 0 atom stereocenters. The van der Waals surface area contributed by atoms with Crippen LogP contribution in [0.5, 0.6) is 5.75 Å². The van der Waals surface area contributed by atoms with E-state index in [2.05, 4.69) is 0 Å². The van der Waals surface area contributed by atoms with Crippen LogP contribution < -0.4 is 0 Å². The average molecular weight is 198 g/mol. The number of hydrogen-bond acceptors (Lipinski definition) is 2. The average Bonchev–Trinajstić information content (AvgIpc) is 2.02. The molecule has 0 amide bonds. The second-order valence-corrected chi connectivity index (χ2v) is 3.59. The van der Waals surface area contributed by atoms with E-state index in [4.69, 9.17) is 5.11 Å². The van der Waals surface area contributed by atoms with Gasteiger partial charge in [-0.3, -0.25) is 4.79 Å². The van der Waals surface area contributed by atoms with E-state index in [0.717, 1.165) is 12.1 Å². The first kappa shape index (κ1) is 10.5. The number of halogens is 1. The highest BCUT2D eigenvalue weighted by Crippen LogP contribution is 2.31. The number of aliphatic carboxylic acids is 1. The van der Waals surface area contributed by atoms with Crippen molar-refractivity contribution >= 4 is 5.97 Å². The monoisotopic (exact) mass is 198 g/mol. The van der Waals surface area contributed by atoms with Crippen LogP contribution in [0, 0.1) is 5.82 Å². The third-order valence-corrected chi connectivity index (χ3v) is 2.17. The minimum absolute atomic E-state index is 0.200. The molecule has 4 heteroatoms. The molecule has 0 aliphatic heterocycles. The number of carbonyl (C=O) groups is 1. The predicted molar refractivity (Wildman–Crippen MR) is 48.7 cm³/mol. The van der Waals surface area contributed by atoms with Gasteiger partial charge in [-0.15, -0.1) is 0 Å². The van der Waals surface area contributed by atoms with Gasteiger partial charge >= 0.3 is 5.97 Å². The van der Waals surface area contributed by atoms with E-state index >= 15 is 0 Å². The Morgan fingerprint density at radius 2 is 2.00 bits per heavy atom. The van der Waals surface area contributed by atoms with E-state index in [0.29, 0.717) is 0 Å². The molecule has 0 fully saturated rings. The summed E-state index contributed by atoms with van der Waals surface area (Å²) in [7, 11) is 0. The Kier molecular flexibility index (Phi) is 2.47. The van der Waals surface area contributed by atoms with Crippen molar-refractivity contribution in [3.8, 4) is 5.75 Å². The van der Waals surface area contributed by atoms with Gasteiger partial charge in [-0.25, -0.2) is 4.39 Å². The first-order valence-electron chi connectivity index (χ1n) is 4.08. The van der Waals surface area contributed by atoms with Crippen LogP contribution in [0.2, 0.25) is 0 Å². The van der Waals surface area contributed by atoms with E-state index in [1.807, 2.05) is 0 Å². The molecule has 3 nitrogen and oxygen atoms in total. The Hall–Kier alpha value is -1.58. The summed E-state index contributed by atoms with van der Waals surface area (Å²) < 4.78 is 12.6. The summed E-state index contributed by atoms with van der Waals surface area (Å²) in [5.41, 5.74) is -1.02. The SMILES string of the molecule is CC(C)(C(=O)O)c1ccc(F)cc1O. The largest absolute Gasteiger partial charge is 0.508 e. The number of aromatic hydroxyl groups is 1. The van der Waals surface area contributed by atoms with Crippen molar-refractivity contribution in [2.75, 3.05) is 0 Å². The summed E-state index contributed by atoms with van der Waals surface area (Å²) in [5, 5.41) is 18.3. The summed E-state index contributed by atoms with van der Waals surface area (Å²) in [6.07, 6.45) is 0. The van der Waals surface area contributed by atoms with E-state index < -0.39 is 17.2 Å². The fourth-order valence-corrected chi connectivity index (χ4v) is 1.15. The lowest BCUT2D eigenvalue weighted by Gasteiger charge is -2.20. The summed E-state index contributed by atoms with van der Waals surface area (Å²) in [5.74, 6) is -2.00. The molecule has 0 spiro atoms. The molecule has 0 saturated carbocycles. The van der Waals surface area contributed by atoms with Gasteiger partial charge in [0.1, 0.15) is 11.6 Å². The van der Waals surface area contributed by atoms with Crippen molar-refractivity contribution in [2.24, 2.45) is 0 Å². The highest BCUT2D eigenvalue weighted by Gasteiger charge is 2.32. The molecule has 0 aliphatic rings. The summed E-state index contributed by atoms with van der Waals surface area (Å²) in [6.45, 7) is 2.89. The van der Waals surface area contributed by atoms with E-state index in [-0.39, 0.29) is 11.3 Å². The summed E-state index contributed by atoms with van der Waals surface area (Å²) in [6, 6.07) is 3.30. The van der Waals surface area contributed by atoms with E-state index in [1.165, 1.54) is 19.9 Å². The van der Waals surface area contributed by atoms with Crippen molar-refractivity contribution in [3.05, 3.63) is 29.6 Å². The van der Waals surface area contributed by atoms with Crippen LogP contribution >= 0.6 is 0 Å². The molecule has 0 aliphatic carbocycles. The number of phenols is 1. The second-order valence-electron chi connectivity index (χ2n) is 3.59. The van der Waals surface area contributed by atoms with Crippen LogP contribution in [0.15, 0.2) is 18.2 Å². The molecular weight excluding hydrogens is 187 g/mol. The standard InChI is InChI=1S/C10H11FO3/c1-10(2,9(13)14)7-4-3-6(11)5-8(7)12/h3-5,12H,1-2H3,(H,13,14). The molecule has 1 aromatic rings. The molecule has 0 unspecified atom stereocenters. The van der Waals surface area contributed by atoms with Crippen molar-refractivity contribution < 1.29 is 19.4 Å². The number of rotatable bonds is 2. The molecule has 1 rings (SSSR count). The maximum absolute atomic E-state index is 12.6. The Labute approximate surface area is 80.8 Å².